The van der Waals surface area contributed by atoms with Crippen LogP contribution in [0.4, 0.5) is 0 Å². The normalized spacial score (nSPS) is 31.6. The third-order valence-electron chi connectivity index (χ3n) is 3.58. The molecule has 0 spiro atoms. The number of rotatable bonds is 5. The highest BCUT2D eigenvalue weighted by Crippen LogP contribution is 2.34. The summed E-state index contributed by atoms with van der Waals surface area (Å²) in [6.07, 6.45) is 3.50. The van der Waals surface area contributed by atoms with Gasteiger partial charge in [-0.15, -0.1) is 20.5 Å². The molecule has 3 heterocycles. The highest BCUT2D eigenvalue weighted by atomic mass is 32.2. The summed E-state index contributed by atoms with van der Waals surface area (Å²) < 4.78 is 20.0. The van der Waals surface area contributed by atoms with Crippen LogP contribution in [-0.4, -0.2) is 51.1 Å². The van der Waals surface area contributed by atoms with Crippen molar-refractivity contribution in [2.45, 2.75) is 24.9 Å². The van der Waals surface area contributed by atoms with E-state index in [1.165, 1.54) is 19.5 Å². The van der Waals surface area contributed by atoms with E-state index in [1.807, 2.05) is 13.2 Å². The van der Waals surface area contributed by atoms with Crippen molar-refractivity contribution in [3.63, 3.8) is 0 Å². The van der Waals surface area contributed by atoms with Gasteiger partial charge in [-0.05, 0) is 26.1 Å². The van der Waals surface area contributed by atoms with Crippen molar-refractivity contribution in [2.24, 2.45) is 5.92 Å². The van der Waals surface area contributed by atoms with E-state index in [4.69, 9.17) is 9.47 Å². The van der Waals surface area contributed by atoms with E-state index in [1.54, 1.807) is 11.8 Å². The molecule has 1 aromatic heterocycles. The minimum Gasteiger partial charge on any atom is -0.468 e. The molecule has 1 aromatic rings. The second kappa shape index (κ2) is 5.22. The third kappa shape index (κ3) is 2.44. The highest BCUT2D eigenvalue weighted by Gasteiger charge is 2.40. The van der Waals surface area contributed by atoms with Crippen molar-refractivity contribution in [3.05, 3.63) is 0 Å². The van der Waals surface area contributed by atoms with E-state index >= 15 is 0 Å². The molecule has 0 saturated carbocycles. The Hall–Kier alpha value is -0.530. The predicted molar refractivity (Wildman–Crippen MR) is 72.5 cm³/mol. The van der Waals surface area contributed by atoms with Gasteiger partial charge in [0.1, 0.15) is 11.5 Å². The summed E-state index contributed by atoms with van der Waals surface area (Å²) >= 11 is 2.79. The quantitative estimate of drug-likeness (QED) is 0.768. The first-order valence-corrected chi connectivity index (χ1v) is 8.19. The average molecular weight is 287 g/mol. The van der Waals surface area contributed by atoms with E-state index in [-0.39, 0.29) is 11.5 Å². The summed E-state index contributed by atoms with van der Waals surface area (Å²) in [6, 6.07) is 0. The number of aromatic nitrogens is 2. The number of nitrogens with zero attached hydrogens (tertiary/aromatic N) is 3. The van der Waals surface area contributed by atoms with Crippen molar-refractivity contribution in [1.82, 2.24) is 13.6 Å². The van der Waals surface area contributed by atoms with Crippen LogP contribution in [0.3, 0.4) is 0 Å². The zero-order valence-electron chi connectivity index (χ0n) is 10.5. The van der Waals surface area contributed by atoms with Crippen LogP contribution in [0.5, 0.6) is 11.8 Å². The SMILES string of the molecule is CSC(C)Oc1nsnc1OC1CN2CCC1C2. The molecule has 0 aromatic carbocycles. The lowest BCUT2D eigenvalue weighted by Gasteiger charge is -2.22. The van der Waals surface area contributed by atoms with Crippen molar-refractivity contribution >= 4 is 23.5 Å². The fourth-order valence-electron chi connectivity index (χ4n) is 2.53. The first-order valence-electron chi connectivity index (χ1n) is 6.17. The molecule has 0 N–H and O–H groups in total. The van der Waals surface area contributed by atoms with E-state index < -0.39 is 0 Å². The summed E-state index contributed by atoms with van der Waals surface area (Å²) in [7, 11) is 0. The largest absolute Gasteiger partial charge is 0.468 e. The summed E-state index contributed by atoms with van der Waals surface area (Å²) in [6.45, 7) is 5.39. The van der Waals surface area contributed by atoms with Crippen molar-refractivity contribution in [2.75, 3.05) is 25.9 Å². The molecule has 2 saturated heterocycles. The molecule has 100 valence electrons. The van der Waals surface area contributed by atoms with Gasteiger partial charge >= 0.3 is 0 Å². The van der Waals surface area contributed by atoms with Crippen molar-refractivity contribution in [1.29, 1.82) is 0 Å². The number of thioether (sulfide) groups is 1. The van der Waals surface area contributed by atoms with Gasteiger partial charge in [-0.3, -0.25) is 4.90 Å². The smallest absolute Gasteiger partial charge is 0.292 e. The van der Waals surface area contributed by atoms with Crippen LogP contribution in [0.1, 0.15) is 13.3 Å². The molecule has 2 aliphatic heterocycles. The van der Waals surface area contributed by atoms with Gasteiger partial charge in [0.15, 0.2) is 0 Å². The van der Waals surface area contributed by atoms with Gasteiger partial charge in [-0.1, -0.05) is 0 Å². The van der Waals surface area contributed by atoms with Crippen LogP contribution in [0.25, 0.3) is 0 Å². The fourth-order valence-corrected chi connectivity index (χ4v) is 3.15. The monoisotopic (exact) mass is 287 g/mol. The number of hydrogen-bond acceptors (Lipinski definition) is 7. The summed E-state index contributed by atoms with van der Waals surface area (Å²) in [5.74, 6) is 1.76. The van der Waals surface area contributed by atoms with Crippen LogP contribution >= 0.6 is 23.5 Å². The standard InChI is InChI=1S/C11H17N3O2S2/c1-7(17-2)15-10-11(13-18-12-10)16-9-6-14-4-3-8(9)5-14/h7-9H,3-6H2,1-2H3. The third-order valence-corrected chi connectivity index (χ3v) is 4.83. The van der Waals surface area contributed by atoms with Crippen LogP contribution < -0.4 is 9.47 Å². The van der Waals surface area contributed by atoms with Gasteiger partial charge in [0.25, 0.3) is 11.8 Å². The molecule has 5 nitrogen and oxygen atoms in total. The lowest BCUT2D eigenvalue weighted by Crippen LogP contribution is -2.32. The van der Waals surface area contributed by atoms with Gasteiger partial charge in [0.05, 0.1) is 11.7 Å². The molecule has 0 aliphatic carbocycles. The Morgan fingerprint density at radius 3 is 2.89 bits per heavy atom. The second-order valence-corrected chi connectivity index (χ2v) is 6.42. The molecule has 3 rings (SSSR count). The Morgan fingerprint density at radius 1 is 1.39 bits per heavy atom. The summed E-state index contributed by atoms with van der Waals surface area (Å²) in [5, 5.41) is 0. The molecule has 18 heavy (non-hydrogen) atoms. The maximum Gasteiger partial charge on any atom is 0.292 e. The average Bonchev–Trinajstić information content (AvgIpc) is 3.07. The molecule has 4 atom stereocenters. The van der Waals surface area contributed by atoms with E-state index in [9.17, 15) is 0 Å². The lowest BCUT2D eigenvalue weighted by molar-refractivity contribution is 0.129. The minimum atomic E-state index is 0.0695. The molecular weight excluding hydrogens is 270 g/mol. The Bertz CT molecular complexity index is 415. The zero-order chi connectivity index (χ0) is 12.5. The van der Waals surface area contributed by atoms with Gasteiger partial charge in [0, 0.05) is 19.0 Å². The minimum absolute atomic E-state index is 0.0695. The van der Waals surface area contributed by atoms with Crippen LogP contribution in [0.2, 0.25) is 0 Å². The maximum absolute atomic E-state index is 5.99. The number of fused-ring (bicyclic) bond motifs is 2. The molecule has 4 unspecified atom stereocenters. The maximum atomic E-state index is 5.99. The first-order chi connectivity index (χ1) is 8.76. The summed E-state index contributed by atoms with van der Waals surface area (Å²) in [4.78, 5) is 2.44. The number of ether oxygens (including phenoxy) is 2. The predicted octanol–water partition coefficient (Wildman–Crippen LogP) is 1.71. The number of hydrogen-bond donors (Lipinski definition) is 0. The van der Waals surface area contributed by atoms with Crippen LogP contribution in [0.15, 0.2) is 0 Å². The molecule has 0 radical (unpaired) electrons. The Labute approximate surface area is 115 Å². The van der Waals surface area contributed by atoms with Gasteiger partial charge < -0.3 is 9.47 Å². The van der Waals surface area contributed by atoms with E-state index in [0.29, 0.717) is 17.7 Å². The highest BCUT2D eigenvalue weighted by molar-refractivity contribution is 7.99. The zero-order valence-corrected chi connectivity index (χ0v) is 12.2. The molecule has 2 bridgehead atoms. The van der Waals surface area contributed by atoms with Gasteiger partial charge in [-0.2, -0.15) is 0 Å². The van der Waals surface area contributed by atoms with Gasteiger partial charge in [0.2, 0.25) is 0 Å². The van der Waals surface area contributed by atoms with E-state index in [2.05, 4.69) is 13.6 Å². The topological polar surface area (TPSA) is 47.5 Å². The van der Waals surface area contributed by atoms with Crippen molar-refractivity contribution in [3.8, 4) is 11.8 Å². The Morgan fingerprint density at radius 2 is 2.22 bits per heavy atom. The molecule has 2 fully saturated rings. The first kappa shape index (κ1) is 12.5. The Kier molecular flexibility index (Phi) is 3.63. The van der Waals surface area contributed by atoms with E-state index in [0.717, 1.165) is 18.3 Å². The fraction of sp³-hybridized carbons (Fsp3) is 0.818. The number of piperidine rings is 1. The molecular formula is C11H17N3O2S2. The van der Waals surface area contributed by atoms with Crippen LogP contribution in [0, 0.1) is 5.92 Å². The van der Waals surface area contributed by atoms with Crippen LogP contribution in [-0.2, 0) is 0 Å². The van der Waals surface area contributed by atoms with Crippen molar-refractivity contribution < 1.29 is 9.47 Å². The molecule has 0 amide bonds. The molecule has 2 aliphatic rings. The lowest BCUT2D eigenvalue weighted by atomic mass is 10.0. The Balaban J connectivity index is 1.64. The summed E-state index contributed by atoms with van der Waals surface area (Å²) in [5.41, 5.74) is 0.0695. The second-order valence-electron chi connectivity index (χ2n) is 4.76. The van der Waals surface area contributed by atoms with Gasteiger partial charge in [-0.25, -0.2) is 0 Å². The molecule has 7 heteroatoms.